The summed E-state index contributed by atoms with van der Waals surface area (Å²) in [6.07, 6.45) is -0.697. The van der Waals surface area contributed by atoms with Crippen molar-refractivity contribution in [1.29, 1.82) is 0 Å². The first-order valence-corrected chi connectivity index (χ1v) is 5.53. The van der Waals surface area contributed by atoms with Gasteiger partial charge in [-0.05, 0) is 26.0 Å². The minimum Gasteiger partial charge on any atom is -0.458 e. The van der Waals surface area contributed by atoms with Crippen LogP contribution in [0.2, 0.25) is 0 Å². The maximum atomic E-state index is 10.9. The molecule has 94 valence electrons. The molecule has 1 heterocycles. The Kier molecular flexibility index (Phi) is 3.16. The van der Waals surface area contributed by atoms with Gasteiger partial charge in [0.25, 0.3) is 5.69 Å². The van der Waals surface area contributed by atoms with Gasteiger partial charge in [0.15, 0.2) is 0 Å². The Labute approximate surface area is 104 Å². The van der Waals surface area contributed by atoms with Crippen molar-refractivity contribution in [3.05, 3.63) is 51.8 Å². The summed E-state index contributed by atoms with van der Waals surface area (Å²) in [5, 5.41) is 20.2. The molecule has 18 heavy (non-hydrogen) atoms. The quantitative estimate of drug-likeness (QED) is 0.667. The van der Waals surface area contributed by atoms with Gasteiger partial charge in [0.2, 0.25) is 0 Å². The first-order chi connectivity index (χ1) is 8.50. The van der Waals surface area contributed by atoms with Gasteiger partial charge in [-0.3, -0.25) is 10.1 Å². The predicted molar refractivity (Wildman–Crippen MR) is 66.2 cm³/mol. The van der Waals surface area contributed by atoms with Crippen molar-refractivity contribution >= 4 is 5.69 Å². The minimum atomic E-state index is -0.697. The predicted octanol–water partition coefficient (Wildman–Crippen LogP) is 3.22. The molecule has 0 aliphatic carbocycles. The summed E-state index contributed by atoms with van der Waals surface area (Å²) in [5.41, 5.74) is 1.27. The number of hydrogen-bond acceptors (Lipinski definition) is 4. The van der Waals surface area contributed by atoms with Crippen LogP contribution in [0.15, 0.2) is 34.7 Å². The van der Waals surface area contributed by atoms with E-state index in [1.165, 1.54) is 6.07 Å². The van der Waals surface area contributed by atoms with Crippen molar-refractivity contribution in [3.63, 3.8) is 0 Å². The first-order valence-electron chi connectivity index (χ1n) is 5.53. The Balaban J connectivity index is 2.50. The molecule has 0 saturated heterocycles. The van der Waals surface area contributed by atoms with Crippen molar-refractivity contribution in [2.45, 2.75) is 20.0 Å². The lowest BCUT2D eigenvalue weighted by Gasteiger charge is -2.04. The van der Waals surface area contributed by atoms with E-state index >= 15 is 0 Å². The number of nitrogens with zero attached hydrogens (tertiary/aromatic N) is 1. The second-order valence-electron chi connectivity index (χ2n) is 4.08. The molecule has 0 aliphatic rings. The van der Waals surface area contributed by atoms with Crippen molar-refractivity contribution in [2.75, 3.05) is 0 Å². The van der Waals surface area contributed by atoms with Gasteiger partial charge >= 0.3 is 0 Å². The largest absolute Gasteiger partial charge is 0.458 e. The van der Waals surface area contributed by atoms with Gasteiger partial charge in [-0.2, -0.15) is 0 Å². The zero-order chi connectivity index (χ0) is 13.3. The van der Waals surface area contributed by atoms with E-state index in [0.29, 0.717) is 22.6 Å². The molecule has 0 saturated carbocycles. The highest BCUT2D eigenvalue weighted by molar-refractivity contribution is 5.67. The molecular weight excluding hydrogens is 234 g/mol. The molecule has 1 aromatic carbocycles. The molecule has 5 heteroatoms. The molecule has 5 nitrogen and oxygen atoms in total. The number of aliphatic hydroxyl groups is 1. The number of nitro benzene ring substituents is 1. The lowest BCUT2D eigenvalue weighted by molar-refractivity contribution is -0.385. The monoisotopic (exact) mass is 247 g/mol. The van der Waals surface area contributed by atoms with Crippen molar-refractivity contribution in [2.24, 2.45) is 0 Å². The topological polar surface area (TPSA) is 76.5 Å². The van der Waals surface area contributed by atoms with E-state index in [4.69, 9.17) is 4.42 Å². The highest BCUT2D eigenvalue weighted by atomic mass is 16.6. The second-order valence-corrected chi connectivity index (χ2v) is 4.08. The summed E-state index contributed by atoms with van der Waals surface area (Å²) in [4.78, 5) is 10.4. The normalized spacial score (nSPS) is 12.4. The molecule has 2 rings (SSSR count). The lowest BCUT2D eigenvalue weighted by atomic mass is 10.1. The average Bonchev–Trinajstić information content (AvgIpc) is 2.78. The molecule has 0 spiro atoms. The Bertz CT molecular complexity index is 586. The fourth-order valence-corrected chi connectivity index (χ4v) is 1.81. The van der Waals surface area contributed by atoms with E-state index in [2.05, 4.69) is 0 Å². The van der Waals surface area contributed by atoms with Gasteiger partial charge in [-0.25, -0.2) is 0 Å². The molecule has 0 fully saturated rings. The summed E-state index contributed by atoms with van der Waals surface area (Å²) in [6.45, 7) is 3.28. The number of furan rings is 1. The summed E-state index contributed by atoms with van der Waals surface area (Å²) in [5.74, 6) is 0.961. The summed E-state index contributed by atoms with van der Waals surface area (Å²) in [7, 11) is 0. The van der Waals surface area contributed by atoms with Gasteiger partial charge in [0.05, 0.1) is 4.92 Å². The Hall–Kier alpha value is -2.14. The van der Waals surface area contributed by atoms with Gasteiger partial charge in [-0.15, -0.1) is 0 Å². The van der Waals surface area contributed by atoms with Crippen LogP contribution in [0.5, 0.6) is 0 Å². The summed E-state index contributed by atoms with van der Waals surface area (Å²) >= 11 is 0. The number of nitro groups is 1. The number of aliphatic hydroxyl groups excluding tert-OH is 1. The maximum absolute atomic E-state index is 10.9. The van der Waals surface area contributed by atoms with Crippen LogP contribution in [0.1, 0.15) is 24.4 Å². The molecule has 1 aromatic heterocycles. The Morgan fingerprint density at radius 1 is 1.33 bits per heavy atom. The van der Waals surface area contributed by atoms with Crippen LogP contribution >= 0.6 is 0 Å². The van der Waals surface area contributed by atoms with Crippen molar-refractivity contribution in [3.8, 4) is 11.3 Å². The van der Waals surface area contributed by atoms with Gasteiger partial charge in [-0.1, -0.05) is 12.1 Å². The summed E-state index contributed by atoms with van der Waals surface area (Å²) < 4.78 is 5.47. The highest BCUT2D eigenvalue weighted by Gasteiger charge is 2.17. The minimum absolute atomic E-state index is 0.0579. The van der Waals surface area contributed by atoms with E-state index in [1.54, 1.807) is 38.1 Å². The van der Waals surface area contributed by atoms with Gasteiger partial charge in [0, 0.05) is 17.2 Å². The van der Waals surface area contributed by atoms with E-state index in [0.717, 1.165) is 0 Å². The van der Waals surface area contributed by atoms with Crippen LogP contribution in [0.4, 0.5) is 5.69 Å². The third-order valence-corrected chi connectivity index (χ3v) is 2.81. The van der Waals surface area contributed by atoms with Crippen molar-refractivity contribution in [1.82, 2.24) is 0 Å². The van der Waals surface area contributed by atoms with Crippen LogP contribution in [-0.2, 0) is 0 Å². The van der Waals surface area contributed by atoms with Crippen LogP contribution in [0.3, 0.4) is 0 Å². The molecule has 1 atom stereocenters. The molecule has 0 amide bonds. The molecular formula is C13H13NO4. The standard InChI is InChI=1S/C13H13NO4/c1-8-10(4-3-5-11(8)14(16)17)13-7-6-12(18-13)9(2)15/h3-7,9,15H,1-2H3. The fraction of sp³-hybridized carbons (Fsp3) is 0.231. The molecule has 0 aliphatic heterocycles. The SMILES string of the molecule is Cc1c(-c2ccc(C(C)O)o2)cccc1[N+](=O)[O-]. The van der Waals surface area contributed by atoms with Crippen molar-refractivity contribution < 1.29 is 14.4 Å². The van der Waals surface area contributed by atoms with E-state index in [-0.39, 0.29) is 5.69 Å². The van der Waals surface area contributed by atoms with Crippen LogP contribution in [0, 0.1) is 17.0 Å². The maximum Gasteiger partial charge on any atom is 0.273 e. The van der Waals surface area contributed by atoms with E-state index < -0.39 is 11.0 Å². The summed E-state index contributed by atoms with van der Waals surface area (Å²) in [6, 6.07) is 8.20. The Morgan fingerprint density at radius 3 is 2.61 bits per heavy atom. The van der Waals surface area contributed by atoms with Crippen LogP contribution in [0.25, 0.3) is 11.3 Å². The van der Waals surface area contributed by atoms with Crippen LogP contribution < -0.4 is 0 Å². The zero-order valence-corrected chi connectivity index (χ0v) is 10.1. The molecule has 0 bridgehead atoms. The number of benzene rings is 1. The Morgan fingerprint density at radius 2 is 2.06 bits per heavy atom. The van der Waals surface area contributed by atoms with Crippen LogP contribution in [-0.4, -0.2) is 10.0 Å². The zero-order valence-electron chi connectivity index (χ0n) is 10.1. The van der Waals surface area contributed by atoms with E-state index in [1.807, 2.05) is 0 Å². The third kappa shape index (κ3) is 2.12. The fourth-order valence-electron chi connectivity index (χ4n) is 1.81. The first kappa shape index (κ1) is 12.3. The molecule has 0 radical (unpaired) electrons. The number of rotatable bonds is 3. The molecule has 2 aromatic rings. The van der Waals surface area contributed by atoms with E-state index in [9.17, 15) is 15.2 Å². The van der Waals surface area contributed by atoms with Gasteiger partial charge < -0.3 is 9.52 Å². The number of hydrogen-bond donors (Lipinski definition) is 1. The smallest absolute Gasteiger partial charge is 0.273 e. The van der Waals surface area contributed by atoms with Gasteiger partial charge in [0.1, 0.15) is 17.6 Å². The molecule has 1 unspecified atom stereocenters. The third-order valence-electron chi connectivity index (χ3n) is 2.81. The lowest BCUT2D eigenvalue weighted by Crippen LogP contribution is -1.93. The second kappa shape index (κ2) is 4.62. The average molecular weight is 247 g/mol. The molecule has 1 N–H and O–H groups in total. The highest BCUT2D eigenvalue weighted by Crippen LogP contribution is 2.32.